The van der Waals surface area contributed by atoms with Crippen LogP contribution in [0.2, 0.25) is 0 Å². The first kappa shape index (κ1) is 29.7. The Morgan fingerprint density at radius 2 is 1.43 bits per heavy atom. The third kappa shape index (κ3) is 5.40. The second kappa shape index (κ2) is 12.7. The third-order valence-electron chi connectivity index (χ3n) is 7.61. The molecule has 3 nitrogen and oxygen atoms in total. The molecule has 0 spiro atoms. The molecule has 0 unspecified atom stereocenters. The fraction of sp³-hybridized carbons (Fsp3) is 0.412. The highest BCUT2D eigenvalue weighted by molar-refractivity contribution is 7.30. The van der Waals surface area contributed by atoms with Crippen molar-refractivity contribution >= 4 is 86.4 Å². The molecular weight excluding hydrogens is 604 g/mol. The first-order valence-corrected chi connectivity index (χ1v) is 18.2. The fourth-order valence-electron chi connectivity index (χ4n) is 5.69. The van der Waals surface area contributed by atoms with E-state index < -0.39 is 0 Å². The van der Waals surface area contributed by atoms with Gasteiger partial charge in [-0.15, -0.1) is 34.0 Å². The lowest BCUT2D eigenvalue weighted by atomic mass is 10.0. The Bertz CT molecular complexity index is 1790. The summed E-state index contributed by atoms with van der Waals surface area (Å²) in [6, 6.07) is 8.87. The first-order chi connectivity index (χ1) is 20.4. The van der Waals surface area contributed by atoms with Gasteiger partial charge < -0.3 is 14.2 Å². The largest absolute Gasteiger partial charge is 0.493 e. The summed E-state index contributed by atoms with van der Waals surface area (Å²) in [5.74, 6) is 1.62. The fourth-order valence-corrected chi connectivity index (χ4v) is 10.2. The normalized spacial score (nSPS) is 12.0. The number of ether oxygens (including phenoxy) is 3. The Morgan fingerprint density at radius 3 is 2.21 bits per heavy atom. The van der Waals surface area contributed by atoms with Crippen molar-refractivity contribution in [1.82, 2.24) is 0 Å². The van der Waals surface area contributed by atoms with E-state index in [2.05, 4.69) is 45.0 Å². The van der Waals surface area contributed by atoms with E-state index in [4.69, 9.17) is 14.2 Å². The summed E-state index contributed by atoms with van der Waals surface area (Å²) in [5.41, 5.74) is 0. The van der Waals surface area contributed by atoms with E-state index in [1.807, 2.05) is 13.8 Å². The molecule has 4 heterocycles. The first-order valence-electron chi connectivity index (χ1n) is 15.0. The molecule has 222 valence electrons. The monoisotopic (exact) mass is 640 g/mol. The standard InChI is InChI=1S/C34H37FO3S4/c1-6-9-10-11-12-13-14-38-34-28(35)27-31(42-34)20(5)40-33(27)26-17-21-16-22-23(18-25(21)41-26)29(36-7-2)24-15-19(4)39-32(24)30(22)37-8-3/h15-18H,6-14H2,1-5H3. The van der Waals surface area contributed by atoms with Gasteiger partial charge in [0.1, 0.15) is 11.5 Å². The molecule has 0 N–H and O–H groups in total. The van der Waals surface area contributed by atoms with Gasteiger partial charge in [0.25, 0.3) is 0 Å². The van der Waals surface area contributed by atoms with Crippen molar-refractivity contribution < 1.29 is 18.6 Å². The molecule has 4 aromatic heterocycles. The van der Waals surface area contributed by atoms with Crippen LogP contribution in [-0.2, 0) is 0 Å². The molecule has 0 aliphatic carbocycles. The summed E-state index contributed by atoms with van der Waals surface area (Å²) in [4.78, 5) is 4.43. The lowest BCUT2D eigenvalue weighted by Crippen LogP contribution is -1.97. The summed E-state index contributed by atoms with van der Waals surface area (Å²) in [7, 11) is 0. The summed E-state index contributed by atoms with van der Waals surface area (Å²) in [6.07, 6.45) is 7.12. The van der Waals surface area contributed by atoms with Gasteiger partial charge in [-0.3, -0.25) is 0 Å². The minimum atomic E-state index is -0.212. The number of fused-ring (bicyclic) bond motifs is 4. The third-order valence-corrected chi connectivity index (χ3v) is 12.4. The number of hydrogen-bond acceptors (Lipinski definition) is 7. The second-order valence-corrected chi connectivity index (χ2v) is 15.2. The molecule has 0 bridgehead atoms. The van der Waals surface area contributed by atoms with Crippen LogP contribution >= 0.6 is 45.3 Å². The molecule has 0 amide bonds. The number of hydrogen-bond donors (Lipinski definition) is 0. The second-order valence-electron chi connectivity index (χ2n) is 10.7. The van der Waals surface area contributed by atoms with Crippen molar-refractivity contribution in [3.8, 4) is 26.3 Å². The quantitative estimate of drug-likeness (QED) is 0.118. The molecule has 6 rings (SSSR count). The van der Waals surface area contributed by atoms with Crippen LogP contribution in [-0.4, -0.2) is 19.8 Å². The van der Waals surface area contributed by atoms with Gasteiger partial charge in [0.15, 0.2) is 5.82 Å². The number of unbranched alkanes of at least 4 members (excludes halogenated alkanes) is 5. The van der Waals surface area contributed by atoms with Gasteiger partial charge in [-0.05, 0) is 63.8 Å². The zero-order chi connectivity index (χ0) is 29.4. The highest BCUT2D eigenvalue weighted by Gasteiger charge is 2.24. The molecular formula is C34H37FO3S4. The van der Waals surface area contributed by atoms with Crippen LogP contribution in [0.5, 0.6) is 16.6 Å². The van der Waals surface area contributed by atoms with Crippen LogP contribution in [0.3, 0.4) is 0 Å². The van der Waals surface area contributed by atoms with Crippen molar-refractivity contribution in [3.63, 3.8) is 0 Å². The van der Waals surface area contributed by atoms with Gasteiger partial charge in [-0.25, -0.2) is 4.39 Å². The summed E-state index contributed by atoms with van der Waals surface area (Å²) < 4.78 is 37.6. The Labute approximate surface area is 262 Å². The topological polar surface area (TPSA) is 27.7 Å². The van der Waals surface area contributed by atoms with Crippen molar-refractivity contribution in [2.75, 3.05) is 19.8 Å². The Morgan fingerprint density at radius 1 is 0.690 bits per heavy atom. The van der Waals surface area contributed by atoms with E-state index in [1.165, 1.54) is 41.9 Å². The Hall–Kier alpha value is -2.39. The summed E-state index contributed by atoms with van der Waals surface area (Å²) >= 11 is 6.59. The van der Waals surface area contributed by atoms with E-state index in [0.29, 0.717) is 30.3 Å². The minimum absolute atomic E-state index is 0.212. The molecule has 8 heteroatoms. The molecule has 42 heavy (non-hydrogen) atoms. The van der Waals surface area contributed by atoms with E-state index in [9.17, 15) is 0 Å². The Kier molecular flexibility index (Phi) is 8.96. The van der Waals surface area contributed by atoms with Crippen LogP contribution in [0, 0.1) is 19.7 Å². The van der Waals surface area contributed by atoms with Crippen molar-refractivity contribution in [3.05, 3.63) is 39.8 Å². The number of thiophene rings is 4. The molecule has 2 aromatic carbocycles. The van der Waals surface area contributed by atoms with Crippen LogP contribution in [0.15, 0.2) is 24.3 Å². The van der Waals surface area contributed by atoms with Gasteiger partial charge in [-0.1, -0.05) is 50.4 Å². The predicted molar refractivity (Wildman–Crippen MR) is 184 cm³/mol. The maximum Gasteiger partial charge on any atom is 0.211 e. The van der Waals surface area contributed by atoms with Gasteiger partial charge in [-0.2, -0.15) is 0 Å². The highest BCUT2D eigenvalue weighted by atomic mass is 32.1. The van der Waals surface area contributed by atoms with Crippen LogP contribution in [0.25, 0.3) is 50.8 Å². The average Bonchev–Trinajstić information content (AvgIpc) is 3.73. The maximum atomic E-state index is 15.8. The van der Waals surface area contributed by atoms with Crippen molar-refractivity contribution in [2.24, 2.45) is 0 Å². The molecule has 0 radical (unpaired) electrons. The van der Waals surface area contributed by atoms with Gasteiger partial charge >= 0.3 is 0 Å². The van der Waals surface area contributed by atoms with E-state index in [-0.39, 0.29) is 5.82 Å². The van der Waals surface area contributed by atoms with Gasteiger partial charge in [0, 0.05) is 35.5 Å². The highest BCUT2D eigenvalue weighted by Crippen LogP contribution is 2.52. The summed E-state index contributed by atoms with van der Waals surface area (Å²) in [5, 5.41) is 5.49. The number of benzene rings is 2. The average molecular weight is 641 g/mol. The smallest absolute Gasteiger partial charge is 0.211 e. The van der Waals surface area contributed by atoms with Crippen molar-refractivity contribution in [1.29, 1.82) is 0 Å². The zero-order valence-corrected chi connectivity index (χ0v) is 28.2. The number of halogens is 1. The molecule has 0 fully saturated rings. The van der Waals surface area contributed by atoms with Crippen molar-refractivity contribution in [2.45, 2.75) is 73.1 Å². The summed E-state index contributed by atoms with van der Waals surface area (Å²) in [6.45, 7) is 12.3. The molecule has 0 atom stereocenters. The van der Waals surface area contributed by atoms with E-state index >= 15 is 4.39 Å². The molecule has 0 saturated heterocycles. The minimum Gasteiger partial charge on any atom is -0.493 e. The molecule has 0 saturated carbocycles. The van der Waals surface area contributed by atoms with Crippen LogP contribution in [0.1, 0.15) is 69.1 Å². The van der Waals surface area contributed by atoms with Crippen LogP contribution in [0.4, 0.5) is 4.39 Å². The lowest BCUT2D eigenvalue weighted by Gasteiger charge is -2.14. The van der Waals surface area contributed by atoms with Crippen LogP contribution < -0.4 is 14.2 Å². The van der Waals surface area contributed by atoms with E-state index in [1.54, 1.807) is 34.0 Å². The predicted octanol–water partition coefficient (Wildman–Crippen LogP) is 12.5. The Balaban J connectivity index is 1.40. The molecule has 0 aliphatic rings. The zero-order valence-electron chi connectivity index (χ0n) is 24.9. The number of rotatable bonds is 13. The molecule has 0 aliphatic heterocycles. The maximum absolute atomic E-state index is 15.8. The SMILES string of the molecule is CCCCCCCCOc1sc2c(C)sc(-c3cc4cc5c(OCC)c6sc(C)cc6c(OCC)c5cc4s3)c2c1F. The molecule has 6 aromatic rings. The lowest BCUT2D eigenvalue weighted by molar-refractivity contribution is 0.300. The van der Waals surface area contributed by atoms with Gasteiger partial charge in [0.05, 0.1) is 39.5 Å². The van der Waals surface area contributed by atoms with E-state index in [0.717, 1.165) is 74.6 Å². The number of aryl methyl sites for hydroxylation is 2. The van der Waals surface area contributed by atoms with Gasteiger partial charge in [0.2, 0.25) is 5.06 Å².